The average molecular weight is 263 g/mol. The molecule has 2 aromatic heterocycles. The maximum absolute atomic E-state index is 5.13. The Bertz CT molecular complexity index is 550. The van der Waals surface area contributed by atoms with E-state index in [1.165, 1.54) is 0 Å². The first-order chi connectivity index (χ1) is 9.26. The molecule has 0 aromatic carbocycles. The van der Waals surface area contributed by atoms with Gasteiger partial charge in [-0.1, -0.05) is 17.2 Å². The van der Waals surface area contributed by atoms with E-state index in [0.717, 1.165) is 37.5 Å². The highest BCUT2D eigenvalue weighted by molar-refractivity contribution is 4.99. The second kappa shape index (κ2) is 5.08. The fraction of sp³-hybridized carbons (Fsp3) is 0.667. The number of hydrogen-bond donors (Lipinski definition) is 0. The van der Waals surface area contributed by atoms with Gasteiger partial charge in [-0.15, -0.1) is 0 Å². The van der Waals surface area contributed by atoms with E-state index in [1.54, 1.807) is 0 Å². The number of likely N-dealkylation sites (tertiary alicyclic amines) is 1. The Labute approximate surface area is 111 Å². The van der Waals surface area contributed by atoms with Crippen LogP contribution in [0.15, 0.2) is 9.05 Å². The van der Waals surface area contributed by atoms with E-state index in [9.17, 15) is 0 Å². The number of aromatic nitrogens is 4. The largest absolute Gasteiger partial charge is 0.340 e. The van der Waals surface area contributed by atoms with Gasteiger partial charge in [0.25, 0.3) is 0 Å². The molecule has 3 rings (SSSR count). The number of aryl methyl sites for hydroxylation is 2. The fourth-order valence-corrected chi connectivity index (χ4v) is 2.44. The summed E-state index contributed by atoms with van der Waals surface area (Å²) in [6, 6.07) is 0.195. The third-order valence-electron chi connectivity index (χ3n) is 3.36. The normalized spacial score (nSPS) is 20.2. The minimum Gasteiger partial charge on any atom is -0.340 e. The maximum atomic E-state index is 5.13. The predicted octanol–water partition coefficient (Wildman–Crippen LogP) is 1.66. The van der Waals surface area contributed by atoms with Crippen LogP contribution in [0.3, 0.4) is 0 Å². The summed E-state index contributed by atoms with van der Waals surface area (Å²) >= 11 is 0. The van der Waals surface area contributed by atoms with Crippen molar-refractivity contribution in [3.63, 3.8) is 0 Å². The number of rotatable bonds is 4. The van der Waals surface area contributed by atoms with Crippen LogP contribution < -0.4 is 0 Å². The molecule has 2 aromatic rings. The summed E-state index contributed by atoms with van der Waals surface area (Å²) in [4.78, 5) is 10.9. The number of hydrogen-bond acceptors (Lipinski definition) is 7. The molecule has 0 saturated carbocycles. The van der Waals surface area contributed by atoms with Crippen molar-refractivity contribution in [2.24, 2.45) is 0 Å². The van der Waals surface area contributed by atoms with Gasteiger partial charge in [0.15, 0.2) is 11.6 Å². The van der Waals surface area contributed by atoms with Crippen molar-refractivity contribution >= 4 is 0 Å². The molecule has 19 heavy (non-hydrogen) atoms. The van der Waals surface area contributed by atoms with Gasteiger partial charge in [-0.2, -0.15) is 9.97 Å². The highest BCUT2D eigenvalue weighted by Gasteiger charge is 2.30. The van der Waals surface area contributed by atoms with Gasteiger partial charge in [-0.05, 0) is 19.4 Å². The van der Waals surface area contributed by atoms with Crippen molar-refractivity contribution in [2.75, 3.05) is 6.54 Å². The van der Waals surface area contributed by atoms with Crippen LogP contribution in [0.4, 0.5) is 0 Å². The summed E-state index contributed by atoms with van der Waals surface area (Å²) in [6.07, 6.45) is 2.93. The van der Waals surface area contributed by atoms with Crippen molar-refractivity contribution in [3.05, 3.63) is 23.4 Å². The van der Waals surface area contributed by atoms with Crippen LogP contribution in [0, 0.1) is 6.92 Å². The van der Waals surface area contributed by atoms with E-state index in [2.05, 4.69) is 25.2 Å². The lowest BCUT2D eigenvalue weighted by atomic mass is 10.2. The highest BCUT2D eigenvalue weighted by Crippen LogP contribution is 2.30. The molecule has 1 fully saturated rings. The standard InChI is InChI=1S/C12H17N5O2/c1-3-11-14-10(15-19-11)7-17-6-4-5-9(17)12-13-8(2)18-16-12/h9H,3-7H2,1-2H3. The molecule has 1 aliphatic heterocycles. The monoisotopic (exact) mass is 263 g/mol. The van der Waals surface area contributed by atoms with Gasteiger partial charge < -0.3 is 9.05 Å². The zero-order valence-corrected chi connectivity index (χ0v) is 11.2. The van der Waals surface area contributed by atoms with Crippen LogP contribution in [-0.2, 0) is 13.0 Å². The molecule has 1 aliphatic rings. The minimum atomic E-state index is 0.195. The zero-order valence-electron chi connectivity index (χ0n) is 11.2. The molecule has 1 atom stereocenters. The van der Waals surface area contributed by atoms with Crippen LogP contribution in [0.25, 0.3) is 0 Å². The summed E-state index contributed by atoms with van der Waals surface area (Å²) in [7, 11) is 0. The van der Waals surface area contributed by atoms with Crippen LogP contribution in [0.1, 0.15) is 49.2 Å². The first kappa shape index (κ1) is 12.3. The Kier molecular flexibility index (Phi) is 3.29. The fourth-order valence-electron chi connectivity index (χ4n) is 2.44. The van der Waals surface area contributed by atoms with Gasteiger partial charge in [0.2, 0.25) is 11.8 Å². The molecule has 7 nitrogen and oxygen atoms in total. The van der Waals surface area contributed by atoms with Crippen LogP contribution >= 0.6 is 0 Å². The van der Waals surface area contributed by atoms with Gasteiger partial charge in [0, 0.05) is 13.3 Å². The van der Waals surface area contributed by atoms with Gasteiger partial charge in [0.05, 0.1) is 12.6 Å². The third-order valence-corrected chi connectivity index (χ3v) is 3.36. The molecule has 0 aliphatic carbocycles. The lowest BCUT2D eigenvalue weighted by Gasteiger charge is -2.19. The van der Waals surface area contributed by atoms with E-state index in [-0.39, 0.29) is 6.04 Å². The van der Waals surface area contributed by atoms with Crippen molar-refractivity contribution in [2.45, 2.75) is 45.7 Å². The molecule has 0 spiro atoms. The average Bonchev–Trinajstić information content (AvgIpc) is 3.10. The summed E-state index contributed by atoms with van der Waals surface area (Å²) in [5.41, 5.74) is 0. The van der Waals surface area contributed by atoms with E-state index < -0.39 is 0 Å². The van der Waals surface area contributed by atoms with Gasteiger partial charge in [-0.3, -0.25) is 4.90 Å². The summed E-state index contributed by atoms with van der Waals surface area (Å²) in [6.45, 7) is 5.47. The van der Waals surface area contributed by atoms with E-state index in [0.29, 0.717) is 18.3 Å². The molecule has 3 heterocycles. The van der Waals surface area contributed by atoms with Crippen molar-refractivity contribution < 1.29 is 9.05 Å². The lowest BCUT2D eigenvalue weighted by molar-refractivity contribution is 0.225. The van der Waals surface area contributed by atoms with Crippen molar-refractivity contribution in [1.82, 2.24) is 25.2 Å². The second-order valence-electron chi connectivity index (χ2n) is 4.76. The van der Waals surface area contributed by atoms with E-state index in [1.807, 2.05) is 13.8 Å². The first-order valence-electron chi connectivity index (χ1n) is 6.62. The molecular formula is C12H17N5O2. The predicted molar refractivity (Wildman–Crippen MR) is 65.1 cm³/mol. The van der Waals surface area contributed by atoms with E-state index >= 15 is 0 Å². The minimum absolute atomic E-state index is 0.195. The molecule has 0 bridgehead atoms. The van der Waals surface area contributed by atoms with Crippen molar-refractivity contribution in [1.29, 1.82) is 0 Å². The summed E-state index contributed by atoms with van der Waals surface area (Å²) < 4.78 is 10.2. The van der Waals surface area contributed by atoms with Gasteiger partial charge in [-0.25, -0.2) is 0 Å². The summed E-state index contributed by atoms with van der Waals surface area (Å²) in [5, 5.41) is 8.01. The molecule has 0 N–H and O–H groups in total. The molecule has 0 amide bonds. The quantitative estimate of drug-likeness (QED) is 0.829. The molecule has 0 radical (unpaired) electrons. The van der Waals surface area contributed by atoms with Crippen molar-refractivity contribution in [3.8, 4) is 0 Å². The molecular weight excluding hydrogens is 246 g/mol. The first-order valence-corrected chi connectivity index (χ1v) is 6.62. The zero-order chi connectivity index (χ0) is 13.2. The Morgan fingerprint density at radius 2 is 2.16 bits per heavy atom. The Morgan fingerprint density at radius 1 is 1.26 bits per heavy atom. The highest BCUT2D eigenvalue weighted by atomic mass is 16.5. The summed E-state index contributed by atoms with van der Waals surface area (Å²) in [5.74, 6) is 2.77. The Balaban J connectivity index is 1.72. The Morgan fingerprint density at radius 3 is 2.84 bits per heavy atom. The van der Waals surface area contributed by atoms with Crippen LogP contribution in [-0.4, -0.2) is 31.7 Å². The second-order valence-corrected chi connectivity index (χ2v) is 4.76. The van der Waals surface area contributed by atoms with Crippen LogP contribution in [0.5, 0.6) is 0 Å². The SMILES string of the molecule is CCc1nc(CN2CCCC2c2noc(C)n2)no1. The Hall–Kier alpha value is -1.76. The van der Waals surface area contributed by atoms with Crippen LogP contribution in [0.2, 0.25) is 0 Å². The molecule has 1 unspecified atom stereocenters. The smallest absolute Gasteiger partial charge is 0.226 e. The molecule has 102 valence electrons. The maximum Gasteiger partial charge on any atom is 0.226 e. The lowest BCUT2D eigenvalue weighted by Crippen LogP contribution is -2.24. The molecule has 1 saturated heterocycles. The van der Waals surface area contributed by atoms with Gasteiger partial charge in [0.1, 0.15) is 0 Å². The van der Waals surface area contributed by atoms with Gasteiger partial charge >= 0.3 is 0 Å². The third kappa shape index (κ3) is 2.51. The molecule has 7 heteroatoms. The topological polar surface area (TPSA) is 81.1 Å². The van der Waals surface area contributed by atoms with E-state index in [4.69, 9.17) is 9.05 Å². The number of nitrogens with zero attached hydrogens (tertiary/aromatic N) is 5.